The fourth-order valence-electron chi connectivity index (χ4n) is 3.79. The van der Waals surface area contributed by atoms with E-state index in [9.17, 15) is 4.79 Å². The van der Waals surface area contributed by atoms with Crippen LogP contribution < -0.4 is 0 Å². The van der Waals surface area contributed by atoms with Gasteiger partial charge in [-0.25, -0.2) is 0 Å². The Hall–Kier alpha value is -0.650. The van der Waals surface area contributed by atoms with Crippen molar-refractivity contribution >= 4 is 5.97 Å². The van der Waals surface area contributed by atoms with E-state index in [1.807, 2.05) is 6.92 Å². The van der Waals surface area contributed by atoms with E-state index >= 15 is 0 Å². The number of ether oxygens (including phenoxy) is 2. The van der Waals surface area contributed by atoms with E-state index in [-0.39, 0.29) is 18.2 Å². The van der Waals surface area contributed by atoms with Crippen molar-refractivity contribution in [1.82, 2.24) is 9.80 Å². The van der Waals surface area contributed by atoms with Crippen molar-refractivity contribution in [3.8, 4) is 0 Å². The van der Waals surface area contributed by atoms with Crippen molar-refractivity contribution < 1.29 is 14.3 Å². The Balaban J connectivity index is 1.48. The molecule has 1 unspecified atom stereocenters. The molecule has 2 saturated heterocycles. The van der Waals surface area contributed by atoms with Gasteiger partial charge in [-0.2, -0.15) is 0 Å². The molecule has 0 N–H and O–H groups in total. The van der Waals surface area contributed by atoms with Crippen molar-refractivity contribution in [3.63, 3.8) is 0 Å². The van der Waals surface area contributed by atoms with Crippen LogP contribution in [0.15, 0.2) is 0 Å². The van der Waals surface area contributed by atoms with E-state index in [0.29, 0.717) is 12.7 Å². The maximum Gasteiger partial charge on any atom is 0.308 e. The Bertz CT molecular complexity index is 359. The Morgan fingerprint density at radius 2 is 1.59 bits per heavy atom. The molecule has 3 fully saturated rings. The highest BCUT2D eigenvalue weighted by molar-refractivity contribution is 5.72. The molecule has 0 aromatic rings. The first-order valence-corrected chi connectivity index (χ1v) is 9.08. The highest BCUT2D eigenvalue weighted by atomic mass is 16.5. The van der Waals surface area contributed by atoms with Gasteiger partial charge in [0, 0.05) is 26.2 Å². The van der Waals surface area contributed by atoms with Gasteiger partial charge in [0.15, 0.2) is 6.35 Å². The van der Waals surface area contributed by atoms with Gasteiger partial charge in [0.25, 0.3) is 0 Å². The second-order valence-corrected chi connectivity index (χ2v) is 6.82. The first-order valence-electron chi connectivity index (χ1n) is 9.08. The molecule has 0 aromatic carbocycles. The maximum atomic E-state index is 11.8. The van der Waals surface area contributed by atoms with Crippen LogP contribution in [-0.2, 0) is 14.3 Å². The molecule has 5 nitrogen and oxygen atoms in total. The molecule has 1 saturated carbocycles. The van der Waals surface area contributed by atoms with Crippen molar-refractivity contribution in [1.29, 1.82) is 0 Å². The van der Waals surface area contributed by atoms with Gasteiger partial charge in [0.1, 0.15) is 0 Å². The van der Waals surface area contributed by atoms with Crippen LogP contribution in [0, 0.1) is 5.92 Å². The summed E-state index contributed by atoms with van der Waals surface area (Å²) in [5.74, 6) is 0.0776. The normalized spacial score (nSPS) is 31.7. The van der Waals surface area contributed by atoms with E-state index in [4.69, 9.17) is 9.47 Å². The average molecular weight is 310 g/mol. The van der Waals surface area contributed by atoms with Gasteiger partial charge in [0.2, 0.25) is 0 Å². The van der Waals surface area contributed by atoms with Gasteiger partial charge in [-0.1, -0.05) is 0 Å². The summed E-state index contributed by atoms with van der Waals surface area (Å²) in [5.41, 5.74) is 0. The molecule has 2 heterocycles. The lowest BCUT2D eigenvalue weighted by Gasteiger charge is -2.44. The molecule has 1 aliphatic carbocycles. The van der Waals surface area contributed by atoms with Crippen LogP contribution in [-0.4, -0.2) is 61.0 Å². The second kappa shape index (κ2) is 7.75. The minimum Gasteiger partial charge on any atom is -0.466 e. The minimum atomic E-state index is -0.0141. The molecule has 22 heavy (non-hydrogen) atoms. The molecule has 0 bridgehead atoms. The van der Waals surface area contributed by atoms with E-state index in [1.165, 1.54) is 45.4 Å². The zero-order chi connectivity index (χ0) is 15.4. The molecule has 1 atom stereocenters. The van der Waals surface area contributed by atoms with Gasteiger partial charge in [-0.3, -0.25) is 14.6 Å². The van der Waals surface area contributed by atoms with Crippen LogP contribution in [0.25, 0.3) is 0 Å². The molecule has 0 radical (unpaired) electrons. The predicted molar refractivity (Wildman–Crippen MR) is 84.2 cm³/mol. The smallest absolute Gasteiger partial charge is 0.308 e. The fourth-order valence-corrected chi connectivity index (χ4v) is 3.79. The lowest BCUT2D eigenvalue weighted by molar-refractivity contribution is -0.199. The van der Waals surface area contributed by atoms with E-state index in [2.05, 4.69) is 9.80 Å². The Morgan fingerprint density at radius 3 is 2.09 bits per heavy atom. The molecule has 0 aromatic heterocycles. The standard InChI is InChI=1S/C17H30N2O3/c1-2-21-16(20)14-6-8-15(9-7-14)22-17(19-12-5-13-19)18-10-3-4-11-18/h14-15,17H,2-13H2,1H3/t14-,15-,17?. The predicted octanol–water partition coefficient (Wildman–Crippen LogP) is 2.21. The number of hydrogen-bond donors (Lipinski definition) is 0. The highest BCUT2D eigenvalue weighted by Gasteiger charge is 2.35. The summed E-state index contributed by atoms with van der Waals surface area (Å²) < 4.78 is 11.6. The summed E-state index contributed by atoms with van der Waals surface area (Å²) in [6, 6.07) is 0. The van der Waals surface area contributed by atoms with Gasteiger partial charge in [-0.15, -0.1) is 0 Å². The Kier molecular flexibility index (Phi) is 5.71. The van der Waals surface area contributed by atoms with Crippen LogP contribution in [0.1, 0.15) is 51.9 Å². The largest absolute Gasteiger partial charge is 0.466 e. The Labute approximate surface area is 133 Å². The average Bonchev–Trinajstić information content (AvgIpc) is 3.00. The van der Waals surface area contributed by atoms with E-state index in [0.717, 1.165) is 25.7 Å². The monoisotopic (exact) mass is 310 g/mol. The third-order valence-corrected chi connectivity index (χ3v) is 5.26. The zero-order valence-corrected chi connectivity index (χ0v) is 13.8. The second-order valence-electron chi connectivity index (χ2n) is 6.82. The van der Waals surface area contributed by atoms with Crippen molar-refractivity contribution in [2.45, 2.75) is 64.3 Å². The number of esters is 1. The summed E-state index contributed by atoms with van der Waals surface area (Å²) in [6.45, 7) is 7.03. The minimum absolute atomic E-state index is 0.0141. The van der Waals surface area contributed by atoms with Crippen LogP contribution in [0.5, 0.6) is 0 Å². The first-order chi connectivity index (χ1) is 10.8. The highest BCUT2D eigenvalue weighted by Crippen LogP contribution is 2.30. The van der Waals surface area contributed by atoms with Crippen molar-refractivity contribution in [2.24, 2.45) is 5.92 Å². The molecule has 126 valence electrons. The third-order valence-electron chi connectivity index (χ3n) is 5.26. The van der Waals surface area contributed by atoms with Crippen LogP contribution >= 0.6 is 0 Å². The van der Waals surface area contributed by atoms with Crippen LogP contribution in [0.2, 0.25) is 0 Å². The van der Waals surface area contributed by atoms with Gasteiger partial charge in [-0.05, 0) is 51.9 Å². The number of nitrogens with zero attached hydrogens (tertiary/aromatic N) is 2. The van der Waals surface area contributed by atoms with Gasteiger partial charge >= 0.3 is 5.97 Å². The van der Waals surface area contributed by atoms with Crippen LogP contribution in [0.4, 0.5) is 0 Å². The number of carbonyl (C=O) groups excluding carboxylic acids is 1. The lowest BCUT2D eigenvalue weighted by Crippen LogP contribution is -2.55. The molecule has 0 amide bonds. The summed E-state index contributed by atoms with van der Waals surface area (Å²) >= 11 is 0. The van der Waals surface area contributed by atoms with Crippen molar-refractivity contribution in [2.75, 3.05) is 32.8 Å². The first kappa shape index (κ1) is 16.2. The van der Waals surface area contributed by atoms with Crippen LogP contribution in [0.3, 0.4) is 0 Å². The number of hydrogen-bond acceptors (Lipinski definition) is 5. The number of rotatable bonds is 6. The van der Waals surface area contributed by atoms with Gasteiger partial charge in [0.05, 0.1) is 18.6 Å². The zero-order valence-electron chi connectivity index (χ0n) is 13.8. The summed E-state index contributed by atoms with van der Waals surface area (Å²) in [6.07, 6.45) is 8.17. The van der Waals surface area contributed by atoms with E-state index < -0.39 is 0 Å². The van der Waals surface area contributed by atoms with E-state index in [1.54, 1.807) is 0 Å². The fraction of sp³-hybridized carbons (Fsp3) is 0.941. The molecule has 5 heteroatoms. The quantitative estimate of drug-likeness (QED) is 0.704. The molecule has 3 aliphatic rings. The lowest BCUT2D eigenvalue weighted by atomic mass is 9.87. The molecule has 0 spiro atoms. The SMILES string of the molecule is CCOC(=O)[C@H]1CC[C@H](OC(N2CCCC2)N2CCC2)CC1. The summed E-state index contributed by atoms with van der Waals surface area (Å²) in [5, 5.41) is 0. The Morgan fingerprint density at radius 1 is 1.00 bits per heavy atom. The number of likely N-dealkylation sites (tertiary alicyclic amines) is 2. The molecule has 2 aliphatic heterocycles. The molecule has 3 rings (SSSR count). The van der Waals surface area contributed by atoms with Crippen molar-refractivity contribution in [3.05, 3.63) is 0 Å². The van der Waals surface area contributed by atoms with Gasteiger partial charge < -0.3 is 9.47 Å². The molecular weight excluding hydrogens is 280 g/mol. The molecular formula is C17H30N2O3. The maximum absolute atomic E-state index is 11.8. The third kappa shape index (κ3) is 3.81. The summed E-state index contributed by atoms with van der Waals surface area (Å²) in [7, 11) is 0. The summed E-state index contributed by atoms with van der Waals surface area (Å²) in [4.78, 5) is 16.8. The number of carbonyl (C=O) groups is 1. The topological polar surface area (TPSA) is 42.0 Å².